The van der Waals surface area contributed by atoms with E-state index >= 15 is 0 Å². The van der Waals surface area contributed by atoms with Gasteiger partial charge in [0, 0.05) is 12.0 Å². The smallest absolute Gasteiger partial charge is 0.165 e. The van der Waals surface area contributed by atoms with Crippen molar-refractivity contribution < 1.29 is 14.6 Å². The van der Waals surface area contributed by atoms with Crippen molar-refractivity contribution in [2.75, 3.05) is 6.61 Å². The Bertz CT molecular complexity index is 369. The maximum Gasteiger partial charge on any atom is 0.165 e. The van der Waals surface area contributed by atoms with Crippen molar-refractivity contribution in [3.05, 3.63) is 29.3 Å². The molecule has 0 aliphatic heterocycles. The van der Waals surface area contributed by atoms with Crippen LogP contribution in [0.3, 0.4) is 0 Å². The monoisotopic (exact) mass is 222 g/mol. The number of aliphatic hydroxyl groups excluding tert-OH is 1. The summed E-state index contributed by atoms with van der Waals surface area (Å²) in [7, 11) is 0. The van der Waals surface area contributed by atoms with Gasteiger partial charge in [0.2, 0.25) is 0 Å². The first-order valence-electron chi connectivity index (χ1n) is 5.46. The first-order valence-corrected chi connectivity index (χ1v) is 5.46. The van der Waals surface area contributed by atoms with Crippen LogP contribution in [0.4, 0.5) is 0 Å². The van der Waals surface area contributed by atoms with Gasteiger partial charge in [0.15, 0.2) is 5.78 Å². The molecule has 16 heavy (non-hydrogen) atoms. The number of Topliss-reactive ketones (excluding diaryl/α,β-unsaturated/α-hetero) is 1. The molecule has 1 aromatic rings. The number of ether oxygens (including phenoxy) is 1. The van der Waals surface area contributed by atoms with Crippen LogP contribution in [0.15, 0.2) is 18.2 Å². The molecule has 0 spiro atoms. The van der Waals surface area contributed by atoms with E-state index in [9.17, 15) is 4.79 Å². The highest BCUT2D eigenvalue weighted by Gasteiger charge is 2.08. The quantitative estimate of drug-likeness (QED) is 0.778. The molecule has 3 heteroatoms. The van der Waals surface area contributed by atoms with Crippen molar-refractivity contribution >= 4 is 5.78 Å². The summed E-state index contributed by atoms with van der Waals surface area (Å²) in [5.41, 5.74) is 1.57. The lowest BCUT2D eigenvalue weighted by molar-refractivity contribution is 0.0956. The first kappa shape index (κ1) is 12.7. The van der Waals surface area contributed by atoms with Gasteiger partial charge in [0.1, 0.15) is 5.75 Å². The summed E-state index contributed by atoms with van der Waals surface area (Å²) in [6.45, 7) is 5.73. The van der Waals surface area contributed by atoms with Crippen LogP contribution in [0.2, 0.25) is 0 Å². The van der Waals surface area contributed by atoms with Gasteiger partial charge in [-0.25, -0.2) is 0 Å². The van der Waals surface area contributed by atoms with E-state index in [0.717, 1.165) is 11.3 Å². The van der Waals surface area contributed by atoms with Crippen LogP contribution in [-0.4, -0.2) is 23.6 Å². The lowest BCUT2D eigenvalue weighted by Gasteiger charge is -2.12. The molecular formula is C13H18O3. The molecule has 0 aliphatic rings. The molecule has 88 valence electrons. The SMILES string of the molecule is Cc1cc(C(=O)CCO)ccc1OC(C)C. The molecule has 1 rings (SSSR count). The summed E-state index contributed by atoms with van der Waals surface area (Å²) in [4.78, 5) is 11.5. The normalized spacial score (nSPS) is 10.6. The predicted molar refractivity (Wildman–Crippen MR) is 63.0 cm³/mol. The average molecular weight is 222 g/mol. The summed E-state index contributed by atoms with van der Waals surface area (Å²) >= 11 is 0. The highest BCUT2D eigenvalue weighted by molar-refractivity contribution is 5.96. The number of hydrogen-bond donors (Lipinski definition) is 1. The van der Waals surface area contributed by atoms with E-state index < -0.39 is 0 Å². The maximum atomic E-state index is 11.5. The predicted octanol–water partition coefficient (Wildman–Crippen LogP) is 2.35. The van der Waals surface area contributed by atoms with Gasteiger partial charge in [-0.15, -0.1) is 0 Å². The maximum absolute atomic E-state index is 11.5. The molecule has 1 aromatic carbocycles. The minimum atomic E-state index is -0.109. The lowest BCUT2D eigenvalue weighted by Crippen LogP contribution is -2.08. The third-order valence-electron chi connectivity index (χ3n) is 2.20. The van der Waals surface area contributed by atoms with Crippen molar-refractivity contribution in [2.24, 2.45) is 0 Å². The Kier molecular flexibility index (Phi) is 4.50. The van der Waals surface area contributed by atoms with Gasteiger partial charge < -0.3 is 9.84 Å². The second kappa shape index (κ2) is 5.66. The minimum Gasteiger partial charge on any atom is -0.491 e. The molecule has 3 nitrogen and oxygen atoms in total. The number of hydrogen-bond acceptors (Lipinski definition) is 3. The van der Waals surface area contributed by atoms with Crippen molar-refractivity contribution in [3.63, 3.8) is 0 Å². The van der Waals surface area contributed by atoms with Gasteiger partial charge in [-0.1, -0.05) is 0 Å². The van der Waals surface area contributed by atoms with Crippen LogP contribution < -0.4 is 4.74 Å². The molecule has 0 saturated heterocycles. The standard InChI is InChI=1S/C13H18O3/c1-9(2)16-13-5-4-11(8-10(13)3)12(15)6-7-14/h4-5,8-9,14H,6-7H2,1-3H3. The highest BCUT2D eigenvalue weighted by atomic mass is 16.5. The van der Waals surface area contributed by atoms with Gasteiger partial charge in [-0.2, -0.15) is 0 Å². The minimum absolute atomic E-state index is 0.0401. The Balaban J connectivity index is 2.86. The molecular weight excluding hydrogens is 204 g/mol. The Morgan fingerprint density at radius 3 is 2.62 bits per heavy atom. The molecule has 1 N–H and O–H groups in total. The number of benzene rings is 1. The molecule has 0 fully saturated rings. The average Bonchev–Trinajstić information content (AvgIpc) is 2.20. The third kappa shape index (κ3) is 3.35. The van der Waals surface area contributed by atoms with Crippen LogP contribution >= 0.6 is 0 Å². The fourth-order valence-electron chi connectivity index (χ4n) is 1.45. The van der Waals surface area contributed by atoms with Gasteiger partial charge in [0.05, 0.1) is 12.7 Å². The van der Waals surface area contributed by atoms with Gasteiger partial charge in [0.25, 0.3) is 0 Å². The zero-order valence-corrected chi connectivity index (χ0v) is 9.99. The van der Waals surface area contributed by atoms with E-state index in [2.05, 4.69) is 0 Å². The summed E-state index contributed by atoms with van der Waals surface area (Å²) in [5, 5.41) is 8.70. The number of ketones is 1. The summed E-state index contributed by atoms with van der Waals surface area (Å²) in [6, 6.07) is 5.35. The second-order valence-electron chi connectivity index (χ2n) is 4.04. The van der Waals surface area contributed by atoms with Crippen LogP contribution in [-0.2, 0) is 0 Å². The topological polar surface area (TPSA) is 46.5 Å². The second-order valence-corrected chi connectivity index (χ2v) is 4.04. The Hall–Kier alpha value is -1.35. The summed E-state index contributed by atoms with van der Waals surface area (Å²) < 4.78 is 5.58. The van der Waals surface area contributed by atoms with Gasteiger partial charge in [-0.3, -0.25) is 4.79 Å². The van der Waals surface area contributed by atoms with E-state index in [0.29, 0.717) is 5.56 Å². The van der Waals surface area contributed by atoms with E-state index in [1.807, 2.05) is 20.8 Å². The highest BCUT2D eigenvalue weighted by Crippen LogP contribution is 2.21. The van der Waals surface area contributed by atoms with Crippen molar-refractivity contribution in [3.8, 4) is 5.75 Å². The lowest BCUT2D eigenvalue weighted by atomic mass is 10.1. The van der Waals surface area contributed by atoms with E-state index in [1.54, 1.807) is 18.2 Å². The molecule has 0 aromatic heterocycles. The molecule has 0 atom stereocenters. The van der Waals surface area contributed by atoms with E-state index in [4.69, 9.17) is 9.84 Å². The Labute approximate surface area is 96.1 Å². The first-order chi connectivity index (χ1) is 7.54. The van der Waals surface area contributed by atoms with Crippen molar-refractivity contribution in [1.82, 2.24) is 0 Å². The summed E-state index contributed by atoms with van der Waals surface area (Å²) in [5.74, 6) is 0.761. The molecule has 0 saturated carbocycles. The largest absolute Gasteiger partial charge is 0.491 e. The van der Waals surface area contributed by atoms with Gasteiger partial charge in [-0.05, 0) is 44.5 Å². The van der Waals surface area contributed by atoms with Crippen LogP contribution in [0.5, 0.6) is 5.75 Å². The van der Waals surface area contributed by atoms with E-state index in [1.165, 1.54) is 0 Å². The third-order valence-corrected chi connectivity index (χ3v) is 2.20. The number of carbonyl (C=O) groups is 1. The fraction of sp³-hybridized carbons (Fsp3) is 0.462. The summed E-state index contributed by atoms with van der Waals surface area (Å²) in [6.07, 6.45) is 0.293. The van der Waals surface area contributed by atoms with Crippen molar-refractivity contribution in [2.45, 2.75) is 33.3 Å². The molecule has 0 amide bonds. The van der Waals surface area contributed by atoms with Crippen molar-refractivity contribution in [1.29, 1.82) is 0 Å². The number of carbonyl (C=O) groups excluding carboxylic acids is 1. The Morgan fingerprint density at radius 1 is 1.44 bits per heavy atom. The van der Waals surface area contributed by atoms with Crippen LogP contribution in [0.1, 0.15) is 36.2 Å². The van der Waals surface area contributed by atoms with Gasteiger partial charge >= 0.3 is 0 Å². The molecule has 0 radical (unpaired) electrons. The Morgan fingerprint density at radius 2 is 2.12 bits per heavy atom. The zero-order chi connectivity index (χ0) is 12.1. The number of aryl methyl sites for hydroxylation is 1. The molecule has 0 unspecified atom stereocenters. The van der Waals surface area contributed by atoms with Crippen LogP contribution in [0, 0.1) is 6.92 Å². The zero-order valence-electron chi connectivity index (χ0n) is 9.99. The molecule has 0 aliphatic carbocycles. The van der Waals surface area contributed by atoms with Crippen LogP contribution in [0.25, 0.3) is 0 Å². The molecule has 0 heterocycles. The van der Waals surface area contributed by atoms with E-state index in [-0.39, 0.29) is 24.9 Å². The number of aliphatic hydroxyl groups is 1. The number of rotatable bonds is 5. The fourth-order valence-corrected chi connectivity index (χ4v) is 1.45. The molecule has 0 bridgehead atoms.